The van der Waals surface area contributed by atoms with E-state index in [1.54, 1.807) is 45.0 Å². The van der Waals surface area contributed by atoms with E-state index in [1.807, 2.05) is 12.1 Å². The molecule has 0 saturated heterocycles. The first kappa shape index (κ1) is 20.0. The first-order valence-electron chi connectivity index (χ1n) is 8.38. The Morgan fingerprint density at radius 1 is 1.33 bits per heavy atom. The maximum atomic E-state index is 12.3. The Bertz CT molecular complexity index is 810. The van der Waals surface area contributed by atoms with Crippen molar-refractivity contribution >= 4 is 23.3 Å². The van der Waals surface area contributed by atoms with Gasteiger partial charge in [0, 0.05) is 5.69 Å². The van der Waals surface area contributed by atoms with E-state index >= 15 is 0 Å². The molecule has 0 aliphatic carbocycles. The molecule has 1 heterocycles. The summed E-state index contributed by atoms with van der Waals surface area (Å²) in [5, 5.41) is 14.6. The van der Waals surface area contributed by atoms with Crippen molar-refractivity contribution in [3.63, 3.8) is 0 Å². The smallest absolute Gasteiger partial charge is 0.347 e. The summed E-state index contributed by atoms with van der Waals surface area (Å²) < 4.78 is 10.2. The van der Waals surface area contributed by atoms with E-state index < -0.39 is 29.8 Å². The predicted molar refractivity (Wildman–Crippen MR) is 96.0 cm³/mol. The fourth-order valence-corrected chi connectivity index (χ4v) is 2.20. The van der Waals surface area contributed by atoms with E-state index in [4.69, 9.17) is 9.47 Å². The molecular weight excluding hydrogens is 350 g/mol. The van der Waals surface area contributed by atoms with Gasteiger partial charge >= 0.3 is 5.97 Å². The minimum atomic E-state index is -1.09. The van der Waals surface area contributed by atoms with Gasteiger partial charge in [0.05, 0.1) is 6.07 Å². The molecule has 8 heteroatoms. The number of amides is 1. The van der Waals surface area contributed by atoms with Crippen molar-refractivity contribution in [3.05, 3.63) is 41.8 Å². The average molecular weight is 371 g/mol. The Kier molecular flexibility index (Phi) is 6.19. The van der Waals surface area contributed by atoms with E-state index in [1.165, 1.54) is 0 Å². The minimum Gasteiger partial charge on any atom is -0.470 e. The number of carbonyl (C=O) groups is 3. The number of anilines is 1. The maximum absolute atomic E-state index is 12.3. The molecule has 0 bridgehead atoms. The Balaban J connectivity index is 2.03. The number of nitriles is 1. The maximum Gasteiger partial charge on any atom is 0.347 e. The monoisotopic (exact) mass is 371 g/mol. The molecule has 8 nitrogen and oxygen atoms in total. The second-order valence-corrected chi connectivity index (χ2v) is 6.50. The molecule has 2 N–H and O–H groups in total. The lowest BCUT2D eigenvalue weighted by Gasteiger charge is -2.27. The zero-order chi connectivity index (χ0) is 20.0. The number of rotatable bonds is 7. The van der Waals surface area contributed by atoms with Crippen molar-refractivity contribution in [2.45, 2.75) is 26.3 Å². The third-order valence-corrected chi connectivity index (χ3v) is 4.21. The molecule has 0 saturated carbocycles. The average Bonchev–Trinajstić information content (AvgIpc) is 3.00. The van der Waals surface area contributed by atoms with E-state index in [2.05, 4.69) is 10.6 Å². The molecular formula is C19H21N3O5. The second kappa shape index (κ2) is 8.36. The molecule has 1 aliphatic heterocycles. The lowest BCUT2D eigenvalue weighted by atomic mass is 9.90. The molecule has 1 aromatic carbocycles. The fourth-order valence-electron chi connectivity index (χ4n) is 2.20. The van der Waals surface area contributed by atoms with Crippen LogP contribution in [-0.2, 0) is 23.9 Å². The second-order valence-electron chi connectivity index (χ2n) is 6.50. The van der Waals surface area contributed by atoms with Crippen LogP contribution in [-0.4, -0.2) is 36.4 Å². The Hall–Kier alpha value is -3.34. The summed E-state index contributed by atoms with van der Waals surface area (Å²) in [5.41, 5.74) is -0.736. The topological polar surface area (TPSA) is 118 Å². The highest BCUT2D eigenvalue weighted by Gasteiger charge is 2.34. The third-order valence-electron chi connectivity index (χ3n) is 4.21. The van der Waals surface area contributed by atoms with Crippen molar-refractivity contribution in [2.24, 2.45) is 5.92 Å². The van der Waals surface area contributed by atoms with Crippen LogP contribution in [0.2, 0.25) is 0 Å². The standard InChI is InChI=1S/C19H21N3O5/c1-12(2)19(3,11-20)22-15(24)10-27-18(25)16-14(23)9-26-17(16)21-13-7-5-4-6-8-13/h4-8,12,21H,9-10H2,1-3H3,(H,22,24)/t19-/m1/s1. The largest absolute Gasteiger partial charge is 0.470 e. The summed E-state index contributed by atoms with van der Waals surface area (Å²) >= 11 is 0. The summed E-state index contributed by atoms with van der Waals surface area (Å²) in [5.74, 6) is -2.29. The van der Waals surface area contributed by atoms with Crippen molar-refractivity contribution < 1.29 is 23.9 Å². The zero-order valence-electron chi connectivity index (χ0n) is 15.4. The fraction of sp³-hybridized carbons (Fsp3) is 0.368. The van der Waals surface area contributed by atoms with Crippen LogP contribution in [0.25, 0.3) is 0 Å². The van der Waals surface area contributed by atoms with Crippen molar-refractivity contribution in [1.29, 1.82) is 5.26 Å². The molecule has 0 unspecified atom stereocenters. The van der Waals surface area contributed by atoms with E-state index in [-0.39, 0.29) is 24.0 Å². The molecule has 0 fully saturated rings. The van der Waals surface area contributed by atoms with Gasteiger partial charge in [-0.3, -0.25) is 9.59 Å². The summed E-state index contributed by atoms with van der Waals surface area (Å²) in [6.07, 6.45) is 0. The van der Waals surface area contributed by atoms with Crippen molar-refractivity contribution in [2.75, 3.05) is 18.5 Å². The first-order valence-corrected chi connectivity index (χ1v) is 8.38. The molecule has 0 spiro atoms. The summed E-state index contributed by atoms with van der Waals surface area (Å²) in [7, 11) is 0. The number of ether oxygens (including phenoxy) is 2. The number of nitrogens with one attached hydrogen (secondary N) is 2. The Morgan fingerprint density at radius 2 is 2.00 bits per heavy atom. The Labute approximate surface area is 157 Å². The number of carbonyl (C=O) groups excluding carboxylic acids is 3. The summed E-state index contributed by atoms with van der Waals surface area (Å²) in [4.78, 5) is 36.2. The molecule has 1 atom stereocenters. The van der Waals surface area contributed by atoms with Gasteiger partial charge < -0.3 is 20.1 Å². The van der Waals surface area contributed by atoms with Crippen LogP contribution in [0, 0.1) is 17.2 Å². The van der Waals surface area contributed by atoms with Crippen LogP contribution in [0.1, 0.15) is 20.8 Å². The normalized spacial score (nSPS) is 15.6. The quantitative estimate of drug-likeness (QED) is 0.551. The van der Waals surface area contributed by atoms with Crippen LogP contribution < -0.4 is 10.6 Å². The van der Waals surface area contributed by atoms with Gasteiger partial charge in [-0.25, -0.2) is 4.79 Å². The van der Waals surface area contributed by atoms with Crippen LogP contribution in [0.3, 0.4) is 0 Å². The predicted octanol–water partition coefficient (Wildman–Crippen LogP) is 1.51. The molecule has 2 rings (SSSR count). The van der Waals surface area contributed by atoms with Gasteiger partial charge in [-0.1, -0.05) is 32.0 Å². The highest BCUT2D eigenvalue weighted by Crippen LogP contribution is 2.20. The molecule has 1 aliphatic rings. The van der Waals surface area contributed by atoms with Gasteiger partial charge in [0.25, 0.3) is 5.91 Å². The lowest BCUT2D eigenvalue weighted by molar-refractivity contribution is -0.146. The molecule has 27 heavy (non-hydrogen) atoms. The Morgan fingerprint density at radius 3 is 2.59 bits per heavy atom. The number of nitrogens with zero attached hydrogens (tertiary/aromatic N) is 1. The highest BCUT2D eigenvalue weighted by atomic mass is 16.5. The van der Waals surface area contributed by atoms with Gasteiger partial charge in [-0.05, 0) is 25.0 Å². The number of ketones is 1. The molecule has 142 valence electrons. The van der Waals surface area contributed by atoms with Crippen LogP contribution in [0.5, 0.6) is 0 Å². The van der Waals surface area contributed by atoms with Crippen LogP contribution in [0.4, 0.5) is 5.69 Å². The first-order chi connectivity index (χ1) is 12.8. The highest BCUT2D eigenvalue weighted by molar-refractivity contribution is 6.20. The third kappa shape index (κ3) is 4.85. The number of benzene rings is 1. The van der Waals surface area contributed by atoms with Gasteiger partial charge in [0.15, 0.2) is 18.8 Å². The molecule has 0 radical (unpaired) electrons. The van der Waals surface area contributed by atoms with E-state index in [9.17, 15) is 19.6 Å². The summed E-state index contributed by atoms with van der Waals surface area (Å²) in [6.45, 7) is 4.26. The van der Waals surface area contributed by atoms with Crippen molar-refractivity contribution in [1.82, 2.24) is 5.32 Å². The number of esters is 1. The van der Waals surface area contributed by atoms with Gasteiger partial charge in [-0.15, -0.1) is 0 Å². The van der Waals surface area contributed by atoms with E-state index in [0.717, 1.165) is 0 Å². The minimum absolute atomic E-state index is 0.0133. The number of hydrogen-bond acceptors (Lipinski definition) is 7. The number of para-hydroxylation sites is 1. The van der Waals surface area contributed by atoms with Crippen LogP contribution >= 0.6 is 0 Å². The van der Waals surface area contributed by atoms with E-state index in [0.29, 0.717) is 5.69 Å². The SMILES string of the molecule is CC(C)[C@@](C)(C#N)NC(=O)COC(=O)C1=C(Nc2ccccc2)OCC1=O. The van der Waals surface area contributed by atoms with Gasteiger partial charge in [0.1, 0.15) is 5.54 Å². The number of Topliss-reactive ketones (excluding diaryl/α,β-unsaturated/α-hetero) is 1. The molecule has 0 aromatic heterocycles. The zero-order valence-corrected chi connectivity index (χ0v) is 15.4. The number of hydrogen-bond donors (Lipinski definition) is 2. The van der Waals surface area contributed by atoms with Crippen LogP contribution in [0.15, 0.2) is 41.8 Å². The van der Waals surface area contributed by atoms with Gasteiger partial charge in [-0.2, -0.15) is 5.26 Å². The summed E-state index contributed by atoms with van der Waals surface area (Å²) in [6, 6.07) is 10.9. The lowest BCUT2D eigenvalue weighted by Crippen LogP contribution is -2.50. The molecule has 1 aromatic rings. The van der Waals surface area contributed by atoms with Crippen molar-refractivity contribution in [3.8, 4) is 6.07 Å². The van der Waals surface area contributed by atoms with Gasteiger partial charge in [0.2, 0.25) is 11.7 Å². The molecule has 1 amide bonds.